The highest BCUT2D eigenvalue weighted by molar-refractivity contribution is 6.70. The summed E-state index contributed by atoms with van der Waals surface area (Å²) in [4.78, 5) is 2.58. The molecule has 1 aliphatic rings. The van der Waals surface area contributed by atoms with Crippen LogP contribution in [0.3, 0.4) is 0 Å². The normalized spacial score (nSPS) is 17.2. The van der Waals surface area contributed by atoms with Crippen LogP contribution in [0, 0.1) is 0 Å². The first kappa shape index (κ1) is 21.3. The summed E-state index contributed by atoms with van der Waals surface area (Å²) in [5.41, 5.74) is 1.44. The van der Waals surface area contributed by atoms with Crippen LogP contribution in [0.25, 0.3) is 0 Å². The van der Waals surface area contributed by atoms with Crippen molar-refractivity contribution in [1.29, 1.82) is 0 Å². The van der Waals surface area contributed by atoms with Gasteiger partial charge in [-0.15, -0.1) is 0 Å². The molecule has 0 unspecified atom stereocenters. The lowest BCUT2D eigenvalue weighted by Gasteiger charge is -2.27. The number of benzene rings is 1. The first-order chi connectivity index (χ1) is 12.1. The standard InChI is InChI=1S/C21H37NO2Si2/c1-25(2,3)23-20-14-17-22(18-15-21(20)24-26(4,5)6)16-10-13-19-11-8-7-9-12-19/h7-9,11-12H,10,13-18H2,1-6H3. The quantitative estimate of drug-likeness (QED) is 0.536. The van der Waals surface area contributed by atoms with Crippen molar-refractivity contribution in [1.82, 2.24) is 4.90 Å². The molecule has 0 bridgehead atoms. The van der Waals surface area contributed by atoms with Crippen LogP contribution in [0.1, 0.15) is 24.8 Å². The van der Waals surface area contributed by atoms with E-state index < -0.39 is 16.6 Å². The molecule has 0 fully saturated rings. The molecular weight excluding hydrogens is 354 g/mol. The average Bonchev–Trinajstić information content (AvgIpc) is 2.69. The smallest absolute Gasteiger partial charge is 0.241 e. The van der Waals surface area contributed by atoms with Gasteiger partial charge in [-0.05, 0) is 64.2 Å². The minimum absolute atomic E-state index is 0.982. The zero-order valence-corrected chi connectivity index (χ0v) is 19.6. The molecule has 0 aliphatic carbocycles. The van der Waals surface area contributed by atoms with Gasteiger partial charge in [0.2, 0.25) is 16.6 Å². The maximum Gasteiger partial charge on any atom is 0.241 e. The predicted molar refractivity (Wildman–Crippen MR) is 116 cm³/mol. The molecule has 3 nitrogen and oxygen atoms in total. The third kappa shape index (κ3) is 8.10. The Morgan fingerprint density at radius 1 is 0.808 bits per heavy atom. The highest BCUT2D eigenvalue weighted by Gasteiger charge is 2.27. The van der Waals surface area contributed by atoms with Crippen LogP contribution in [0.2, 0.25) is 39.3 Å². The van der Waals surface area contributed by atoms with E-state index in [1.165, 1.54) is 12.0 Å². The molecule has 0 spiro atoms. The van der Waals surface area contributed by atoms with E-state index in [1.807, 2.05) is 0 Å². The summed E-state index contributed by atoms with van der Waals surface area (Å²) < 4.78 is 12.9. The van der Waals surface area contributed by atoms with E-state index in [1.54, 1.807) is 0 Å². The molecule has 1 aromatic carbocycles. The van der Waals surface area contributed by atoms with Crippen molar-refractivity contribution in [2.45, 2.75) is 65.0 Å². The van der Waals surface area contributed by atoms with Gasteiger partial charge in [-0.1, -0.05) is 30.3 Å². The number of hydrogen-bond donors (Lipinski definition) is 0. The van der Waals surface area contributed by atoms with Crippen molar-refractivity contribution in [3.8, 4) is 0 Å². The number of aryl methyl sites for hydroxylation is 1. The Hall–Kier alpha value is -1.05. The minimum Gasteiger partial charge on any atom is -0.545 e. The molecule has 0 aromatic heterocycles. The van der Waals surface area contributed by atoms with Crippen LogP contribution in [-0.2, 0) is 15.3 Å². The van der Waals surface area contributed by atoms with Gasteiger partial charge in [-0.25, -0.2) is 0 Å². The first-order valence-corrected chi connectivity index (χ1v) is 16.8. The molecule has 0 saturated carbocycles. The van der Waals surface area contributed by atoms with Gasteiger partial charge in [0.25, 0.3) is 0 Å². The fourth-order valence-corrected chi connectivity index (χ4v) is 5.15. The lowest BCUT2D eigenvalue weighted by atomic mass is 10.1. The largest absolute Gasteiger partial charge is 0.545 e. The van der Waals surface area contributed by atoms with Crippen molar-refractivity contribution < 1.29 is 8.85 Å². The number of hydrogen-bond acceptors (Lipinski definition) is 3. The van der Waals surface area contributed by atoms with Crippen LogP contribution in [0.5, 0.6) is 0 Å². The van der Waals surface area contributed by atoms with E-state index in [4.69, 9.17) is 8.85 Å². The van der Waals surface area contributed by atoms with E-state index >= 15 is 0 Å². The molecule has 0 N–H and O–H groups in total. The summed E-state index contributed by atoms with van der Waals surface area (Å²) in [6, 6.07) is 10.8. The summed E-state index contributed by atoms with van der Waals surface area (Å²) in [7, 11) is -3.23. The molecule has 1 heterocycles. The molecular formula is C21H37NO2Si2. The Labute approximate surface area is 162 Å². The Bertz CT molecular complexity index is 558. The molecule has 1 aliphatic heterocycles. The van der Waals surface area contributed by atoms with E-state index in [9.17, 15) is 0 Å². The van der Waals surface area contributed by atoms with Gasteiger partial charge < -0.3 is 13.8 Å². The lowest BCUT2D eigenvalue weighted by Crippen LogP contribution is -2.29. The zero-order valence-electron chi connectivity index (χ0n) is 17.6. The molecule has 5 heteroatoms. The van der Waals surface area contributed by atoms with Crippen molar-refractivity contribution in [2.24, 2.45) is 0 Å². The van der Waals surface area contributed by atoms with Gasteiger partial charge in [0.15, 0.2) is 0 Å². The maximum absolute atomic E-state index is 6.43. The molecule has 0 saturated heterocycles. The second-order valence-electron chi connectivity index (χ2n) is 9.21. The molecule has 0 radical (unpaired) electrons. The van der Waals surface area contributed by atoms with Crippen molar-refractivity contribution in [2.75, 3.05) is 19.6 Å². The molecule has 146 valence electrons. The Morgan fingerprint density at radius 2 is 1.31 bits per heavy atom. The van der Waals surface area contributed by atoms with Crippen LogP contribution < -0.4 is 0 Å². The highest BCUT2D eigenvalue weighted by Crippen LogP contribution is 2.27. The predicted octanol–water partition coefficient (Wildman–Crippen LogP) is 5.63. The number of nitrogens with zero attached hydrogens (tertiary/aromatic N) is 1. The zero-order chi connectivity index (χ0) is 19.2. The SMILES string of the molecule is C[Si](C)(C)OC1=C(O[Si](C)(C)C)CCN(CCCc2ccccc2)CC1. The van der Waals surface area contributed by atoms with Gasteiger partial charge >= 0.3 is 0 Å². The minimum atomic E-state index is -1.62. The summed E-state index contributed by atoms with van der Waals surface area (Å²) in [5.74, 6) is 2.27. The van der Waals surface area contributed by atoms with E-state index in [0.29, 0.717) is 0 Å². The lowest BCUT2D eigenvalue weighted by molar-refractivity contribution is 0.271. The summed E-state index contributed by atoms with van der Waals surface area (Å²) in [6.07, 6.45) is 4.32. The topological polar surface area (TPSA) is 21.7 Å². The molecule has 0 amide bonds. The van der Waals surface area contributed by atoms with Crippen LogP contribution in [0.15, 0.2) is 41.9 Å². The second kappa shape index (κ2) is 9.24. The van der Waals surface area contributed by atoms with Crippen molar-refractivity contribution >= 4 is 16.6 Å². The van der Waals surface area contributed by atoms with Crippen LogP contribution in [0.4, 0.5) is 0 Å². The van der Waals surface area contributed by atoms with Crippen molar-refractivity contribution in [3.63, 3.8) is 0 Å². The molecule has 1 aromatic rings. The second-order valence-corrected chi connectivity index (χ2v) is 18.1. The summed E-state index contributed by atoms with van der Waals surface area (Å²) >= 11 is 0. The van der Waals surface area contributed by atoms with Crippen molar-refractivity contribution in [3.05, 3.63) is 47.4 Å². The molecule has 0 atom stereocenters. The van der Waals surface area contributed by atoms with Gasteiger partial charge in [0.1, 0.15) is 11.5 Å². The molecule has 26 heavy (non-hydrogen) atoms. The van der Waals surface area contributed by atoms with Crippen LogP contribution >= 0.6 is 0 Å². The monoisotopic (exact) mass is 391 g/mol. The van der Waals surface area contributed by atoms with E-state index in [2.05, 4.69) is 74.5 Å². The van der Waals surface area contributed by atoms with Gasteiger partial charge in [-0.2, -0.15) is 0 Å². The molecule has 2 rings (SSSR count). The summed E-state index contributed by atoms with van der Waals surface area (Å²) in [6.45, 7) is 16.9. The average molecular weight is 392 g/mol. The van der Waals surface area contributed by atoms with Gasteiger partial charge in [-0.3, -0.25) is 0 Å². The fourth-order valence-electron chi connectivity index (χ4n) is 3.24. The Morgan fingerprint density at radius 3 is 1.77 bits per heavy atom. The third-order valence-corrected chi connectivity index (χ3v) is 5.98. The Kier molecular flexibility index (Phi) is 7.56. The summed E-state index contributed by atoms with van der Waals surface area (Å²) in [5, 5.41) is 0. The Balaban J connectivity index is 1.93. The van der Waals surface area contributed by atoms with Gasteiger partial charge in [0, 0.05) is 25.9 Å². The number of rotatable bonds is 8. The maximum atomic E-state index is 6.43. The van der Waals surface area contributed by atoms with E-state index in [0.717, 1.165) is 50.4 Å². The van der Waals surface area contributed by atoms with Crippen LogP contribution in [-0.4, -0.2) is 41.2 Å². The first-order valence-electron chi connectivity index (χ1n) is 9.99. The fraction of sp³-hybridized carbons (Fsp3) is 0.619. The third-order valence-electron chi connectivity index (χ3n) is 4.26. The van der Waals surface area contributed by atoms with Gasteiger partial charge in [0.05, 0.1) is 0 Å². The highest BCUT2D eigenvalue weighted by atomic mass is 28.4. The van der Waals surface area contributed by atoms with E-state index in [-0.39, 0.29) is 0 Å².